The molecule has 1 aromatic carbocycles. The number of hydrogen-bond donors (Lipinski definition) is 3. The van der Waals surface area contributed by atoms with E-state index in [2.05, 4.69) is 21.9 Å². The SMILES string of the molecule is C=INc1c(C)c(C)c(C)c(N)c1N. The second-order valence-corrected chi connectivity index (χ2v) is 4.61. The summed E-state index contributed by atoms with van der Waals surface area (Å²) in [4.78, 5) is 0. The molecule has 0 aliphatic heterocycles. The third kappa shape index (κ3) is 1.70. The number of anilines is 3. The molecule has 0 aliphatic rings. The number of halogens is 1. The molecule has 0 heterocycles. The van der Waals surface area contributed by atoms with Crippen LogP contribution in [0.3, 0.4) is 0 Å². The molecule has 0 spiro atoms. The van der Waals surface area contributed by atoms with Gasteiger partial charge in [0.2, 0.25) is 0 Å². The van der Waals surface area contributed by atoms with Crippen molar-refractivity contribution in [3.8, 4) is 0 Å². The minimum Gasteiger partial charge on any atom is -0.397 e. The fraction of sp³-hybridized carbons (Fsp3) is 0.300. The van der Waals surface area contributed by atoms with Gasteiger partial charge in [-0.25, -0.2) is 0 Å². The fourth-order valence-corrected chi connectivity index (χ4v) is 2.47. The summed E-state index contributed by atoms with van der Waals surface area (Å²) in [5, 5.41) is 0. The first-order chi connectivity index (χ1) is 6.50. The van der Waals surface area contributed by atoms with Crippen molar-refractivity contribution in [3.63, 3.8) is 0 Å². The first-order valence-corrected chi connectivity index (χ1v) is 6.89. The van der Waals surface area contributed by atoms with Crippen LogP contribution in [0.25, 0.3) is 0 Å². The normalized spacial score (nSPS) is 10.2. The van der Waals surface area contributed by atoms with Gasteiger partial charge in [0.1, 0.15) is 0 Å². The fourth-order valence-electron chi connectivity index (χ4n) is 1.40. The average molecular weight is 305 g/mol. The van der Waals surface area contributed by atoms with Gasteiger partial charge in [0.05, 0.1) is 17.1 Å². The molecule has 4 heteroatoms. The second kappa shape index (κ2) is 4.16. The van der Waals surface area contributed by atoms with Crippen molar-refractivity contribution in [3.05, 3.63) is 16.7 Å². The molecule has 5 N–H and O–H groups in total. The first-order valence-electron chi connectivity index (χ1n) is 4.28. The Morgan fingerprint density at radius 2 is 1.57 bits per heavy atom. The molecule has 0 saturated heterocycles. The number of nitrogens with two attached hydrogens (primary N) is 2. The van der Waals surface area contributed by atoms with E-state index in [0.29, 0.717) is 11.4 Å². The van der Waals surface area contributed by atoms with Crippen LogP contribution in [-0.4, -0.2) is 4.51 Å². The number of hydrogen-bond acceptors (Lipinski definition) is 3. The van der Waals surface area contributed by atoms with Crippen molar-refractivity contribution in [2.75, 3.05) is 15.0 Å². The van der Waals surface area contributed by atoms with Crippen LogP contribution in [0.15, 0.2) is 0 Å². The molecule has 78 valence electrons. The summed E-state index contributed by atoms with van der Waals surface area (Å²) >= 11 is -0.276. The molecular formula is C10H16IN3. The molecule has 3 nitrogen and oxygen atoms in total. The van der Waals surface area contributed by atoms with Gasteiger partial charge in [0.15, 0.2) is 0 Å². The van der Waals surface area contributed by atoms with Gasteiger partial charge in [0, 0.05) is 0 Å². The molecule has 0 amide bonds. The monoisotopic (exact) mass is 305 g/mol. The molecule has 1 aromatic rings. The Morgan fingerprint density at radius 3 is 2.07 bits per heavy atom. The quantitative estimate of drug-likeness (QED) is 0.447. The number of nitrogens with one attached hydrogen (secondary N) is 1. The van der Waals surface area contributed by atoms with E-state index >= 15 is 0 Å². The van der Waals surface area contributed by atoms with Crippen molar-refractivity contribution >= 4 is 42.6 Å². The Morgan fingerprint density at radius 1 is 1.00 bits per heavy atom. The molecule has 1 rings (SSSR count). The Hall–Kier alpha value is -0.780. The molecule has 0 saturated carbocycles. The number of rotatable bonds is 2. The van der Waals surface area contributed by atoms with Crippen LogP contribution in [0, 0.1) is 20.8 Å². The van der Waals surface area contributed by atoms with E-state index in [1.807, 2.05) is 6.92 Å². The number of benzene rings is 1. The molecule has 0 aromatic heterocycles. The summed E-state index contributed by atoms with van der Waals surface area (Å²) in [6, 6.07) is 0. The van der Waals surface area contributed by atoms with E-state index in [4.69, 9.17) is 11.5 Å². The van der Waals surface area contributed by atoms with Gasteiger partial charge < -0.3 is 15.0 Å². The lowest BCUT2D eigenvalue weighted by molar-refractivity contribution is 1.28. The summed E-state index contributed by atoms with van der Waals surface area (Å²) in [5.41, 5.74) is 17.6. The highest BCUT2D eigenvalue weighted by atomic mass is 127. The second-order valence-electron chi connectivity index (χ2n) is 3.31. The van der Waals surface area contributed by atoms with Gasteiger partial charge in [0.25, 0.3) is 0 Å². The lowest BCUT2D eigenvalue weighted by Crippen LogP contribution is -2.05. The maximum atomic E-state index is 5.94. The van der Waals surface area contributed by atoms with E-state index in [1.54, 1.807) is 0 Å². The third-order valence-electron chi connectivity index (χ3n) is 2.62. The highest BCUT2D eigenvalue weighted by Gasteiger charge is 2.12. The first kappa shape index (κ1) is 11.3. The topological polar surface area (TPSA) is 64.1 Å². The average Bonchev–Trinajstić information content (AvgIpc) is 2.19. The summed E-state index contributed by atoms with van der Waals surface area (Å²) in [5.74, 6) is 0. The molecule has 0 atom stereocenters. The van der Waals surface area contributed by atoms with Gasteiger partial charge in [-0.05, 0) is 63.0 Å². The van der Waals surface area contributed by atoms with Crippen molar-refractivity contribution in [2.45, 2.75) is 20.8 Å². The summed E-state index contributed by atoms with van der Waals surface area (Å²) < 4.78 is 7.09. The van der Waals surface area contributed by atoms with Crippen molar-refractivity contribution in [1.29, 1.82) is 0 Å². The predicted octanol–water partition coefficient (Wildman–Crippen LogP) is 2.51. The van der Waals surface area contributed by atoms with E-state index in [9.17, 15) is 0 Å². The van der Waals surface area contributed by atoms with Gasteiger partial charge in [-0.15, -0.1) is 0 Å². The Kier molecular flexibility index (Phi) is 3.36. The lowest BCUT2D eigenvalue weighted by atomic mass is 9.99. The largest absolute Gasteiger partial charge is 0.397 e. The zero-order valence-electron chi connectivity index (χ0n) is 8.74. The van der Waals surface area contributed by atoms with Gasteiger partial charge >= 0.3 is 0 Å². The Labute approximate surface area is 95.0 Å². The predicted molar refractivity (Wildman–Crippen MR) is 74.2 cm³/mol. The zero-order valence-corrected chi connectivity index (χ0v) is 10.9. The van der Waals surface area contributed by atoms with E-state index in [0.717, 1.165) is 11.3 Å². The van der Waals surface area contributed by atoms with Crippen LogP contribution in [0.1, 0.15) is 16.7 Å². The summed E-state index contributed by atoms with van der Waals surface area (Å²) in [6.07, 6.45) is 0. The standard InChI is InChI=1S/C10H16IN3/c1-5-6(2)8(12)9(13)10(7(5)3)14-11-4/h14H,4,12-13H2,1-3H3. The molecular weight excluding hydrogens is 289 g/mol. The Balaban J connectivity index is 3.50. The minimum absolute atomic E-state index is 0.276. The van der Waals surface area contributed by atoms with E-state index in [-0.39, 0.29) is 21.0 Å². The van der Waals surface area contributed by atoms with E-state index < -0.39 is 0 Å². The zero-order chi connectivity index (χ0) is 10.9. The minimum atomic E-state index is -0.276. The molecule has 0 unspecified atom stereocenters. The number of nitrogen functional groups attached to an aromatic ring is 2. The maximum absolute atomic E-state index is 5.94. The molecule has 0 bridgehead atoms. The smallest absolute Gasteiger partial charge is 0.0796 e. The van der Waals surface area contributed by atoms with Crippen LogP contribution >= 0.6 is 21.0 Å². The lowest BCUT2D eigenvalue weighted by Gasteiger charge is -2.16. The van der Waals surface area contributed by atoms with Crippen molar-refractivity contribution < 1.29 is 0 Å². The van der Waals surface area contributed by atoms with Crippen molar-refractivity contribution in [2.24, 2.45) is 0 Å². The molecule has 0 aliphatic carbocycles. The van der Waals surface area contributed by atoms with Crippen molar-refractivity contribution in [1.82, 2.24) is 0 Å². The highest BCUT2D eigenvalue weighted by Crippen LogP contribution is 2.36. The van der Waals surface area contributed by atoms with Gasteiger partial charge in [-0.1, -0.05) is 0 Å². The highest BCUT2D eigenvalue weighted by molar-refractivity contribution is 14.2. The van der Waals surface area contributed by atoms with Crippen LogP contribution < -0.4 is 15.0 Å². The Bertz CT molecular complexity index is 356. The molecule has 0 radical (unpaired) electrons. The molecule has 14 heavy (non-hydrogen) atoms. The third-order valence-corrected chi connectivity index (χ3v) is 3.55. The van der Waals surface area contributed by atoms with Crippen LogP contribution in [-0.2, 0) is 0 Å². The van der Waals surface area contributed by atoms with Crippen LogP contribution in [0.4, 0.5) is 17.1 Å². The summed E-state index contributed by atoms with van der Waals surface area (Å²) in [7, 11) is 0. The van der Waals surface area contributed by atoms with Crippen LogP contribution in [0.5, 0.6) is 0 Å². The summed E-state index contributed by atoms with van der Waals surface area (Å²) in [6.45, 7) is 6.12. The van der Waals surface area contributed by atoms with E-state index in [1.165, 1.54) is 11.1 Å². The maximum Gasteiger partial charge on any atom is 0.0796 e. The molecule has 0 fully saturated rings. The van der Waals surface area contributed by atoms with Gasteiger partial charge in [-0.3, -0.25) is 0 Å². The van der Waals surface area contributed by atoms with Gasteiger partial charge in [-0.2, -0.15) is 0 Å². The van der Waals surface area contributed by atoms with Crippen LogP contribution in [0.2, 0.25) is 0 Å².